The van der Waals surface area contributed by atoms with E-state index in [4.69, 9.17) is 13.9 Å². The van der Waals surface area contributed by atoms with Crippen LogP contribution in [-0.2, 0) is 24.2 Å². The molecule has 1 aliphatic heterocycles. The fraction of sp³-hybridized carbons (Fsp3) is 0.346. The monoisotopic (exact) mass is 479 g/mol. The number of pyridine rings is 1. The third-order valence-electron chi connectivity index (χ3n) is 6.23. The summed E-state index contributed by atoms with van der Waals surface area (Å²) in [5, 5.41) is 2.92. The highest BCUT2D eigenvalue weighted by molar-refractivity contribution is 5.98. The van der Waals surface area contributed by atoms with Crippen molar-refractivity contribution in [2.45, 2.75) is 32.4 Å². The number of ether oxygens (including phenoxy) is 2. The predicted molar refractivity (Wildman–Crippen MR) is 129 cm³/mol. The molecular weight excluding hydrogens is 450 g/mol. The molecule has 0 saturated carbocycles. The van der Waals surface area contributed by atoms with Crippen LogP contribution in [0.3, 0.4) is 0 Å². The lowest BCUT2D eigenvalue weighted by atomic mass is 10.1. The van der Waals surface area contributed by atoms with Crippen molar-refractivity contribution in [2.24, 2.45) is 0 Å². The van der Waals surface area contributed by atoms with Crippen LogP contribution in [0.1, 0.15) is 40.3 Å². The smallest absolute Gasteiger partial charge is 0.257 e. The first kappa shape index (κ1) is 24.1. The Morgan fingerprint density at radius 2 is 1.86 bits per heavy atom. The highest BCUT2D eigenvalue weighted by atomic mass is 16.5. The van der Waals surface area contributed by atoms with Crippen LogP contribution < -0.4 is 20.3 Å². The van der Waals surface area contributed by atoms with E-state index in [2.05, 4.69) is 5.32 Å². The number of aromatic nitrogens is 1. The Kier molecular flexibility index (Phi) is 7.24. The normalized spacial score (nSPS) is 14.0. The standard InChI is InChI=1S/C26H29N3O6/c1-17(21-5-4-14-35-21)27-26(32)25-20-10-11-28(12-13-29(20)24(31)16-22(25)34-3)23(30)15-18-6-8-19(33-2)9-7-18/h4-9,14,16-17H,10-13,15H2,1-3H3,(H,27,32)/t17-/m0/s1. The minimum Gasteiger partial charge on any atom is -0.497 e. The van der Waals surface area contributed by atoms with Crippen molar-refractivity contribution >= 4 is 11.8 Å². The van der Waals surface area contributed by atoms with Crippen molar-refractivity contribution in [2.75, 3.05) is 27.3 Å². The van der Waals surface area contributed by atoms with E-state index >= 15 is 0 Å². The van der Waals surface area contributed by atoms with Crippen molar-refractivity contribution < 1.29 is 23.5 Å². The van der Waals surface area contributed by atoms with Gasteiger partial charge in [0.1, 0.15) is 22.8 Å². The fourth-order valence-electron chi connectivity index (χ4n) is 4.31. The van der Waals surface area contributed by atoms with Gasteiger partial charge in [-0.1, -0.05) is 12.1 Å². The third kappa shape index (κ3) is 5.24. The Hall–Kier alpha value is -4.01. The van der Waals surface area contributed by atoms with Crippen LogP contribution in [0.4, 0.5) is 0 Å². The molecule has 35 heavy (non-hydrogen) atoms. The Morgan fingerprint density at radius 3 is 2.51 bits per heavy atom. The van der Waals surface area contributed by atoms with E-state index in [0.29, 0.717) is 43.1 Å². The van der Waals surface area contributed by atoms with Crippen LogP contribution in [0.5, 0.6) is 11.5 Å². The number of hydrogen-bond donors (Lipinski definition) is 1. The molecule has 9 heteroatoms. The minimum absolute atomic E-state index is 0.0413. The predicted octanol–water partition coefficient (Wildman–Crippen LogP) is 2.58. The van der Waals surface area contributed by atoms with Crippen molar-refractivity contribution in [1.82, 2.24) is 14.8 Å². The second-order valence-electron chi connectivity index (χ2n) is 8.39. The van der Waals surface area contributed by atoms with Gasteiger partial charge in [-0.2, -0.15) is 0 Å². The molecule has 0 bridgehead atoms. The topological polar surface area (TPSA) is 103 Å². The number of nitrogens with one attached hydrogen (secondary N) is 1. The summed E-state index contributed by atoms with van der Waals surface area (Å²) >= 11 is 0. The Balaban J connectivity index is 1.55. The molecule has 1 aliphatic rings. The van der Waals surface area contributed by atoms with Gasteiger partial charge in [-0.25, -0.2) is 0 Å². The number of carbonyl (C=O) groups is 2. The lowest BCUT2D eigenvalue weighted by Gasteiger charge is -2.20. The molecule has 1 atom stereocenters. The average Bonchev–Trinajstić information content (AvgIpc) is 3.31. The Bertz CT molecular complexity index is 1250. The van der Waals surface area contributed by atoms with Gasteiger partial charge in [-0.15, -0.1) is 0 Å². The molecule has 1 N–H and O–H groups in total. The summed E-state index contributed by atoms with van der Waals surface area (Å²) < 4.78 is 17.5. The third-order valence-corrected chi connectivity index (χ3v) is 6.23. The van der Waals surface area contributed by atoms with Gasteiger partial charge in [0, 0.05) is 37.8 Å². The van der Waals surface area contributed by atoms with Gasteiger partial charge in [0.05, 0.1) is 32.9 Å². The highest BCUT2D eigenvalue weighted by Crippen LogP contribution is 2.24. The van der Waals surface area contributed by atoms with E-state index < -0.39 is 0 Å². The number of nitrogens with zero attached hydrogens (tertiary/aromatic N) is 2. The lowest BCUT2D eigenvalue weighted by molar-refractivity contribution is -0.130. The van der Waals surface area contributed by atoms with Crippen molar-refractivity contribution in [1.29, 1.82) is 0 Å². The van der Waals surface area contributed by atoms with Crippen LogP contribution in [-0.4, -0.2) is 48.6 Å². The van der Waals surface area contributed by atoms with E-state index in [-0.39, 0.29) is 35.6 Å². The number of rotatable bonds is 7. The summed E-state index contributed by atoms with van der Waals surface area (Å²) in [6.07, 6.45) is 2.13. The van der Waals surface area contributed by atoms with E-state index in [0.717, 1.165) is 11.3 Å². The summed E-state index contributed by atoms with van der Waals surface area (Å²) in [7, 11) is 3.03. The van der Waals surface area contributed by atoms with E-state index in [1.165, 1.54) is 13.2 Å². The van der Waals surface area contributed by atoms with Crippen LogP contribution in [0.2, 0.25) is 0 Å². The molecule has 0 fully saturated rings. The molecule has 3 heterocycles. The van der Waals surface area contributed by atoms with Gasteiger partial charge in [-0.05, 0) is 36.8 Å². The maximum absolute atomic E-state index is 13.3. The van der Waals surface area contributed by atoms with Gasteiger partial charge in [0.15, 0.2) is 0 Å². The molecule has 1 aromatic carbocycles. The molecule has 2 aromatic heterocycles. The Morgan fingerprint density at radius 1 is 1.09 bits per heavy atom. The van der Waals surface area contributed by atoms with Gasteiger partial charge >= 0.3 is 0 Å². The number of amides is 2. The number of hydrogen-bond acceptors (Lipinski definition) is 6. The maximum atomic E-state index is 13.3. The van der Waals surface area contributed by atoms with E-state index in [9.17, 15) is 14.4 Å². The largest absolute Gasteiger partial charge is 0.497 e. The number of methoxy groups -OCH3 is 2. The zero-order chi connectivity index (χ0) is 24.9. The van der Waals surface area contributed by atoms with E-state index in [1.54, 1.807) is 35.0 Å². The van der Waals surface area contributed by atoms with E-state index in [1.807, 2.05) is 31.2 Å². The molecule has 0 spiro atoms. The summed E-state index contributed by atoms with van der Waals surface area (Å²) in [4.78, 5) is 40.9. The Labute approximate surface area is 203 Å². The first-order valence-corrected chi connectivity index (χ1v) is 11.5. The van der Waals surface area contributed by atoms with Crippen molar-refractivity contribution in [3.05, 3.63) is 81.7 Å². The molecule has 9 nitrogen and oxygen atoms in total. The molecule has 0 unspecified atom stereocenters. The summed E-state index contributed by atoms with van der Waals surface area (Å²) in [5.41, 5.74) is 1.47. The minimum atomic E-state index is -0.372. The van der Waals surface area contributed by atoms with Gasteiger partial charge in [0.25, 0.3) is 11.5 Å². The van der Waals surface area contributed by atoms with Gasteiger partial charge in [0.2, 0.25) is 5.91 Å². The summed E-state index contributed by atoms with van der Waals surface area (Å²) in [6, 6.07) is 11.9. The van der Waals surface area contributed by atoms with Crippen LogP contribution >= 0.6 is 0 Å². The van der Waals surface area contributed by atoms with Crippen LogP contribution in [0.25, 0.3) is 0 Å². The number of furan rings is 1. The first-order chi connectivity index (χ1) is 16.9. The number of fused-ring (bicyclic) bond motifs is 1. The van der Waals surface area contributed by atoms with Gasteiger partial charge in [-0.3, -0.25) is 14.4 Å². The lowest BCUT2D eigenvalue weighted by Crippen LogP contribution is -2.35. The SMILES string of the molecule is COc1ccc(CC(=O)N2CCc3c(C(=O)N[C@@H](C)c4ccco4)c(OC)cc(=O)n3CC2)cc1. The first-order valence-electron chi connectivity index (χ1n) is 11.5. The molecule has 4 rings (SSSR count). The van der Waals surface area contributed by atoms with Gasteiger partial charge < -0.3 is 28.7 Å². The number of benzene rings is 1. The maximum Gasteiger partial charge on any atom is 0.257 e. The highest BCUT2D eigenvalue weighted by Gasteiger charge is 2.27. The molecule has 184 valence electrons. The second kappa shape index (κ2) is 10.5. The second-order valence-corrected chi connectivity index (χ2v) is 8.39. The zero-order valence-electron chi connectivity index (χ0n) is 20.1. The number of carbonyl (C=O) groups excluding carboxylic acids is 2. The quantitative estimate of drug-likeness (QED) is 0.559. The zero-order valence-corrected chi connectivity index (χ0v) is 20.1. The van der Waals surface area contributed by atoms with Crippen LogP contribution in [0.15, 0.2) is 57.9 Å². The summed E-state index contributed by atoms with van der Waals surface area (Å²) in [5.74, 6) is 1.15. The molecule has 3 aromatic rings. The summed E-state index contributed by atoms with van der Waals surface area (Å²) in [6.45, 7) is 2.87. The van der Waals surface area contributed by atoms with Crippen molar-refractivity contribution in [3.8, 4) is 11.5 Å². The molecule has 2 amide bonds. The molecule has 0 radical (unpaired) electrons. The van der Waals surface area contributed by atoms with Crippen molar-refractivity contribution in [3.63, 3.8) is 0 Å². The van der Waals surface area contributed by atoms with Crippen LogP contribution in [0, 0.1) is 0 Å². The fourth-order valence-corrected chi connectivity index (χ4v) is 4.31. The average molecular weight is 480 g/mol. The molecule has 0 saturated heterocycles. The molecule has 0 aliphatic carbocycles. The molecular formula is C26H29N3O6.